The fourth-order valence-corrected chi connectivity index (χ4v) is 2.60. The molecule has 0 spiro atoms. The molecule has 7 heteroatoms. The van der Waals surface area contributed by atoms with Crippen molar-refractivity contribution in [3.8, 4) is 0 Å². The highest BCUT2D eigenvalue weighted by molar-refractivity contribution is 7.98. The number of carbonyl (C=O) groups is 1. The molecular weight excluding hydrogens is 250 g/mol. The van der Waals surface area contributed by atoms with Crippen molar-refractivity contribution < 1.29 is 4.79 Å². The minimum Gasteiger partial charge on any atom is -0.367 e. The molecule has 0 bridgehead atoms. The van der Waals surface area contributed by atoms with Gasteiger partial charge in [-0.25, -0.2) is 0 Å². The molecule has 0 aliphatic carbocycles. The molecule has 18 heavy (non-hydrogen) atoms. The van der Waals surface area contributed by atoms with Gasteiger partial charge in [-0.3, -0.25) is 9.89 Å². The van der Waals surface area contributed by atoms with Gasteiger partial charge in [0.15, 0.2) is 0 Å². The van der Waals surface area contributed by atoms with Gasteiger partial charge in [0.25, 0.3) is 0 Å². The van der Waals surface area contributed by atoms with E-state index in [1.807, 2.05) is 11.2 Å². The Balaban J connectivity index is 1.82. The fourth-order valence-electron chi connectivity index (χ4n) is 2.22. The maximum absolute atomic E-state index is 11.9. The number of hydrogen-bond acceptors (Lipinski definition) is 5. The van der Waals surface area contributed by atoms with Crippen LogP contribution in [0.25, 0.3) is 0 Å². The number of nitrogen functional groups attached to an aromatic ring is 1. The number of aromatic nitrogens is 3. The van der Waals surface area contributed by atoms with Gasteiger partial charge in [-0.2, -0.15) is 16.7 Å². The van der Waals surface area contributed by atoms with Crippen LogP contribution >= 0.6 is 11.8 Å². The first-order valence-corrected chi connectivity index (χ1v) is 7.54. The van der Waals surface area contributed by atoms with Crippen molar-refractivity contribution >= 4 is 23.6 Å². The summed E-state index contributed by atoms with van der Waals surface area (Å²) in [5, 5.41) is 6.71. The Morgan fingerprint density at radius 3 is 2.83 bits per heavy atom. The Labute approximate surface area is 111 Å². The lowest BCUT2D eigenvalue weighted by atomic mass is 9.96. The highest BCUT2D eigenvalue weighted by Crippen LogP contribution is 2.25. The van der Waals surface area contributed by atoms with Gasteiger partial charge >= 0.3 is 0 Å². The minimum atomic E-state index is 0.264. The second-order valence-electron chi connectivity index (χ2n) is 4.48. The molecule has 2 rings (SSSR count). The molecule has 3 N–H and O–H groups in total. The van der Waals surface area contributed by atoms with Crippen molar-refractivity contribution in [2.45, 2.75) is 25.2 Å². The third kappa shape index (κ3) is 3.16. The number of likely N-dealkylation sites (tertiary alicyclic amines) is 1. The molecule has 1 aliphatic heterocycles. The number of H-pyrrole nitrogens is 1. The van der Waals surface area contributed by atoms with Gasteiger partial charge in [0.2, 0.25) is 11.9 Å². The first-order valence-electron chi connectivity index (χ1n) is 6.15. The maximum Gasteiger partial charge on any atom is 0.239 e. The van der Waals surface area contributed by atoms with E-state index in [1.165, 1.54) is 0 Å². The van der Waals surface area contributed by atoms with Crippen molar-refractivity contribution in [2.24, 2.45) is 0 Å². The van der Waals surface area contributed by atoms with Gasteiger partial charge in [0, 0.05) is 31.2 Å². The molecule has 1 fully saturated rings. The molecule has 0 saturated carbocycles. The molecule has 1 aromatic rings. The van der Waals surface area contributed by atoms with Gasteiger partial charge in [0.05, 0.1) is 0 Å². The van der Waals surface area contributed by atoms with Crippen LogP contribution < -0.4 is 5.73 Å². The van der Waals surface area contributed by atoms with E-state index in [4.69, 9.17) is 5.73 Å². The van der Waals surface area contributed by atoms with Crippen molar-refractivity contribution in [1.82, 2.24) is 20.1 Å². The molecule has 6 nitrogen and oxygen atoms in total. The van der Waals surface area contributed by atoms with Gasteiger partial charge in [-0.05, 0) is 19.1 Å². The Kier molecular flexibility index (Phi) is 4.46. The van der Waals surface area contributed by atoms with Gasteiger partial charge in [-0.1, -0.05) is 0 Å². The Hall–Kier alpha value is -1.24. The third-order valence-electron chi connectivity index (χ3n) is 3.27. The first-order chi connectivity index (χ1) is 8.70. The fraction of sp³-hybridized carbons (Fsp3) is 0.727. The van der Waals surface area contributed by atoms with Crippen molar-refractivity contribution in [2.75, 3.05) is 30.8 Å². The van der Waals surface area contributed by atoms with Gasteiger partial charge in [-0.15, -0.1) is 5.10 Å². The molecule has 2 heterocycles. The highest BCUT2D eigenvalue weighted by atomic mass is 32.2. The number of rotatable bonds is 4. The second kappa shape index (κ2) is 6.08. The molecule has 1 aliphatic rings. The molecule has 0 radical (unpaired) electrons. The van der Waals surface area contributed by atoms with E-state index >= 15 is 0 Å². The zero-order chi connectivity index (χ0) is 13.0. The number of nitrogens with two attached hydrogens (primary N) is 1. The lowest BCUT2D eigenvalue weighted by Gasteiger charge is -2.31. The number of amides is 1. The lowest BCUT2D eigenvalue weighted by molar-refractivity contribution is -0.131. The predicted octanol–water partition coefficient (Wildman–Crippen LogP) is 0.846. The zero-order valence-corrected chi connectivity index (χ0v) is 11.4. The topological polar surface area (TPSA) is 87.9 Å². The molecule has 1 amide bonds. The van der Waals surface area contributed by atoms with Crippen LogP contribution in [0.15, 0.2) is 0 Å². The molecular formula is C11H19N5OS. The van der Waals surface area contributed by atoms with Crippen LogP contribution in [0.5, 0.6) is 0 Å². The summed E-state index contributed by atoms with van der Waals surface area (Å²) in [6, 6.07) is 0. The summed E-state index contributed by atoms with van der Waals surface area (Å²) in [7, 11) is 0. The summed E-state index contributed by atoms with van der Waals surface area (Å²) in [5.74, 6) is 2.66. The molecule has 0 unspecified atom stereocenters. The summed E-state index contributed by atoms with van der Waals surface area (Å²) in [6.45, 7) is 1.61. The summed E-state index contributed by atoms with van der Waals surface area (Å²) in [4.78, 5) is 18.0. The number of piperidine rings is 1. The second-order valence-corrected chi connectivity index (χ2v) is 5.46. The molecule has 100 valence electrons. The SMILES string of the molecule is CSCCC(=O)N1CCC(c2nc(N)n[nH]2)CC1. The Morgan fingerprint density at radius 2 is 2.28 bits per heavy atom. The van der Waals surface area contributed by atoms with Gasteiger partial charge in [0.1, 0.15) is 5.82 Å². The van der Waals surface area contributed by atoms with Crippen LogP contribution in [0.3, 0.4) is 0 Å². The van der Waals surface area contributed by atoms with Crippen LogP contribution in [0.4, 0.5) is 5.95 Å². The summed E-state index contributed by atoms with van der Waals surface area (Å²) in [6.07, 6.45) is 4.52. The number of nitrogens with zero attached hydrogens (tertiary/aromatic N) is 3. The van der Waals surface area contributed by atoms with E-state index in [0.717, 1.165) is 37.5 Å². The smallest absolute Gasteiger partial charge is 0.239 e. The van der Waals surface area contributed by atoms with E-state index < -0.39 is 0 Å². The largest absolute Gasteiger partial charge is 0.367 e. The van der Waals surface area contributed by atoms with Crippen LogP contribution in [0.2, 0.25) is 0 Å². The number of nitrogens with one attached hydrogen (secondary N) is 1. The van der Waals surface area contributed by atoms with E-state index in [2.05, 4.69) is 15.2 Å². The zero-order valence-electron chi connectivity index (χ0n) is 10.6. The summed E-state index contributed by atoms with van der Waals surface area (Å²) in [5.41, 5.74) is 5.50. The summed E-state index contributed by atoms with van der Waals surface area (Å²) < 4.78 is 0. The van der Waals surface area contributed by atoms with E-state index in [1.54, 1.807) is 11.8 Å². The van der Waals surface area contributed by atoms with Crippen molar-refractivity contribution in [3.63, 3.8) is 0 Å². The molecule has 0 atom stereocenters. The minimum absolute atomic E-state index is 0.264. The Bertz CT molecular complexity index is 400. The maximum atomic E-state index is 11.9. The number of carbonyl (C=O) groups excluding carboxylic acids is 1. The van der Waals surface area contributed by atoms with Crippen LogP contribution in [-0.2, 0) is 4.79 Å². The predicted molar refractivity (Wildman–Crippen MR) is 72.3 cm³/mol. The number of anilines is 1. The van der Waals surface area contributed by atoms with E-state index in [9.17, 15) is 4.79 Å². The number of hydrogen-bond donors (Lipinski definition) is 2. The molecule has 1 aromatic heterocycles. The quantitative estimate of drug-likeness (QED) is 0.846. The highest BCUT2D eigenvalue weighted by Gasteiger charge is 2.25. The molecule has 0 aromatic carbocycles. The number of aromatic amines is 1. The first kappa shape index (κ1) is 13.2. The van der Waals surface area contributed by atoms with E-state index in [-0.39, 0.29) is 5.91 Å². The van der Waals surface area contributed by atoms with Crippen molar-refractivity contribution in [3.05, 3.63) is 5.82 Å². The standard InChI is InChI=1S/C11H19N5OS/c1-18-7-4-9(17)16-5-2-8(3-6-16)10-13-11(12)15-14-10/h8H,2-7H2,1H3,(H3,12,13,14,15). The third-order valence-corrected chi connectivity index (χ3v) is 3.89. The molecule has 1 saturated heterocycles. The Morgan fingerprint density at radius 1 is 1.56 bits per heavy atom. The van der Waals surface area contributed by atoms with Crippen LogP contribution in [-0.4, -0.2) is 51.1 Å². The van der Waals surface area contributed by atoms with Gasteiger partial charge < -0.3 is 10.6 Å². The average molecular weight is 269 g/mol. The monoisotopic (exact) mass is 269 g/mol. The van der Waals surface area contributed by atoms with Crippen LogP contribution in [0, 0.1) is 0 Å². The van der Waals surface area contributed by atoms with Crippen LogP contribution in [0.1, 0.15) is 31.0 Å². The van der Waals surface area contributed by atoms with Crippen molar-refractivity contribution in [1.29, 1.82) is 0 Å². The van der Waals surface area contributed by atoms with E-state index in [0.29, 0.717) is 18.3 Å². The lowest BCUT2D eigenvalue weighted by Crippen LogP contribution is -2.38. The number of thioether (sulfide) groups is 1. The normalized spacial score (nSPS) is 17.1. The average Bonchev–Trinajstić information content (AvgIpc) is 2.83. The summed E-state index contributed by atoms with van der Waals surface area (Å²) >= 11 is 1.71.